The zero-order valence-corrected chi connectivity index (χ0v) is 18.1. The van der Waals surface area contributed by atoms with Gasteiger partial charge in [0.05, 0.1) is 18.8 Å². The van der Waals surface area contributed by atoms with E-state index in [1.807, 2.05) is 29.2 Å². The first-order valence-electron chi connectivity index (χ1n) is 10.9. The van der Waals surface area contributed by atoms with Gasteiger partial charge in [-0.2, -0.15) is 0 Å². The molecule has 0 saturated carbocycles. The van der Waals surface area contributed by atoms with E-state index < -0.39 is 23.7 Å². The van der Waals surface area contributed by atoms with Crippen LogP contribution in [0.15, 0.2) is 65.6 Å². The molecule has 0 unspecified atom stereocenters. The van der Waals surface area contributed by atoms with Crippen LogP contribution in [0, 0.1) is 17.7 Å². The van der Waals surface area contributed by atoms with Gasteiger partial charge in [0.1, 0.15) is 11.9 Å². The number of likely N-dealkylation sites (tertiary alicyclic amines) is 1. The largest absolute Gasteiger partial charge is 0.468 e. The molecule has 4 heterocycles. The highest BCUT2D eigenvalue weighted by Gasteiger charge is 2.56. The summed E-state index contributed by atoms with van der Waals surface area (Å²) in [7, 11) is 1.34. The molecule has 3 aromatic rings. The van der Waals surface area contributed by atoms with Crippen molar-refractivity contribution >= 4 is 5.97 Å². The highest BCUT2D eigenvalue weighted by molar-refractivity contribution is 5.77. The second kappa shape index (κ2) is 8.53. The Morgan fingerprint density at radius 2 is 2.06 bits per heavy atom. The Balaban J connectivity index is 1.60. The van der Waals surface area contributed by atoms with Crippen molar-refractivity contribution < 1.29 is 19.0 Å². The molecule has 2 aliphatic rings. The quantitative estimate of drug-likeness (QED) is 0.602. The summed E-state index contributed by atoms with van der Waals surface area (Å²) < 4.78 is 20.5. The normalized spacial score (nSPS) is 23.8. The maximum Gasteiger partial charge on any atom is 0.323 e. The van der Waals surface area contributed by atoms with Crippen LogP contribution in [0.25, 0.3) is 11.1 Å². The number of aliphatic hydroxyl groups excluding tert-OH is 1. The maximum atomic E-state index is 13.8. The molecule has 7 nitrogen and oxygen atoms in total. The van der Waals surface area contributed by atoms with E-state index in [2.05, 4.69) is 4.98 Å². The Kier molecular flexibility index (Phi) is 5.55. The lowest BCUT2D eigenvalue weighted by molar-refractivity contribution is -0.148. The molecular weight excluding hydrogens is 425 g/mol. The molecular formula is C25H24FN3O4. The second-order valence-electron chi connectivity index (χ2n) is 8.51. The average Bonchev–Trinajstić information content (AvgIpc) is 3.35. The lowest BCUT2D eigenvalue weighted by Gasteiger charge is -2.29. The van der Waals surface area contributed by atoms with Crippen LogP contribution >= 0.6 is 0 Å². The van der Waals surface area contributed by atoms with Gasteiger partial charge in [0.2, 0.25) is 0 Å². The molecule has 1 fully saturated rings. The molecule has 8 heteroatoms. The number of aromatic nitrogens is 2. The van der Waals surface area contributed by atoms with Crippen LogP contribution in [0.5, 0.6) is 0 Å². The first kappa shape index (κ1) is 21.5. The number of benzene rings is 1. The van der Waals surface area contributed by atoms with Crippen molar-refractivity contribution in [1.82, 2.24) is 14.5 Å². The number of halogens is 1. The van der Waals surface area contributed by atoms with Gasteiger partial charge in [-0.3, -0.25) is 19.5 Å². The van der Waals surface area contributed by atoms with E-state index >= 15 is 0 Å². The highest BCUT2D eigenvalue weighted by atomic mass is 19.1. The predicted molar refractivity (Wildman–Crippen MR) is 118 cm³/mol. The number of carbonyl (C=O) groups excluding carboxylic acids is 1. The number of hydrogen-bond donors (Lipinski definition) is 1. The van der Waals surface area contributed by atoms with E-state index in [4.69, 9.17) is 4.74 Å². The molecule has 2 aromatic heterocycles. The summed E-state index contributed by atoms with van der Waals surface area (Å²) in [5.41, 5.74) is 2.27. The lowest BCUT2D eigenvalue weighted by Crippen LogP contribution is -2.43. The van der Waals surface area contributed by atoms with Crippen molar-refractivity contribution in [3.05, 3.63) is 88.4 Å². The van der Waals surface area contributed by atoms with Gasteiger partial charge in [0.25, 0.3) is 5.56 Å². The zero-order valence-electron chi connectivity index (χ0n) is 18.1. The fourth-order valence-corrected chi connectivity index (χ4v) is 5.42. The maximum absolute atomic E-state index is 13.8. The number of ether oxygens (including phenoxy) is 1. The second-order valence-corrected chi connectivity index (χ2v) is 8.51. The van der Waals surface area contributed by atoms with Gasteiger partial charge in [0.15, 0.2) is 0 Å². The summed E-state index contributed by atoms with van der Waals surface area (Å²) in [5.74, 6) is -1.37. The van der Waals surface area contributed by atoms with Crippen molar-refractivity contribution in [3.63, 3.8) is 0 Å². The fourth-order valence-electron chi connectivity index (χ4n) is 5.42. The third kappa shape index (κ3) is 3.55. The van der Waals surface area contributed by atoms with Gasteiger partial charge in [-0.05, 0) is 42.0 Å². The van der Waals surface area contributed by atoms with E-state index in [1.165, 1.54) is 19.2 Å². The summed E-state index contributed by atoms with van der Waals surface area (Å²) in [5, 5.41) is 10.2. The molecule has 33 heavy (non-hydrogen) atoms. The summed E-state index contributed by atoms with van der Waals surface area (Å²) in [6.45, 7) is 0.524. The number of carbonyl (C=O) groups is 1. The van der Waals surface area contributed by atoms with Gasteiger partial charge in [-0.1, -0.05) is 18.2 Å². The van der Waals surface area contributed by atoms with Gasteiger partial charge in [-0.15, -0.1) is 0 Å². The van der Waals surface area contributed by atoms with Crippen molar-refractivity contribution in [2.75, 3.05) is 13.7 Å². The number of pyridine rings is 2. The Morgan fingerprint density at radius 1 is 1.21 bits per heavy atom. The molecule has 1 aromatic carbocycles. The Hall–Kier alpha value is -3.36. The molecule has 4 atom stereocenters. The van der Waals surface area contributed by atoms with Crippen LogP contribution < -0.4 is 5.56 Å². The molecule has 5 rings (SSSR count). The van der Waals surface area contributed by atoms with Gasteiger partial charge in [-0.25, -0.2) is 4.39 Å². The SMILES string of the molecule is COC(=O)[C@@H]1[C@@H](CO)[C@@H]2Cn3c(ccc(-c4cccc(F)c4)c3=O)[C@@H]2N1Cc1ccccn1. The van der Waals surface area contributed by atoms with E-state index in [0.29, 0.717) is 24.2 Å². The number of methoxy groups -OCH3 is 1. The molecule has 2 aliphatic heterocycles. The van der Waals surface area contributed by atoms with Gasteiger partial charge < -0.3 is 14.4 Å². The van der Waals surface area contributed by atoms with Crippen LogP contribution in [0.2, 0.25) is 0 Å². The molecule has 1 saturated heterocycles. The van der Waals surface area contributed by atoms with E-state index in [-0.39, 0.29) is 24.1 Å². The van der Waals surface area contributed by atoms with E-state index in [0.717, 1.165) is 11.4 Å². The van der Waals surface area contributed by atoms with Crippen LogP contribution in [0.4, 0.5) is 4.39 Å². The van der Waals surface area contributed by atoms with Crippen molar-refractivity contribution in [1.29, 1.82) is 0 Å². The monoisotopic (exact) mass is 449 g/mol. The first-order valence-corrected chi connectivity index (χ1v) is 10.9. The summed E-state index contributed by atoms with van der Waals surface area (Å²) >= 11 is 0. The Morgan fingerprint density at radius 3 is 2.76 bits per heavy atom. The standard InChI is InChI=1S/C25H24FN3O4/c1-33-25(32)23-20(14-30)19-13-28-21(22(19)29(23)12-17-7-2-3-10-27-17)9-8-18(24(28)31)15-5-4-6-16(26)11-15/h2-11,19-20,22-23,30H,12-14H2,1H3/t19-,20-,22+,23-/m0/s1. The van der Waals surface area contributed by atoms with E-state index in [9.17, 15) is 19.1 Å². The zero-order chi connectivity index (χ0) is 23.1. The van der Waals surface area contributed by atoms with Crippen LogP contribution in [-0.4, -0.2) is 45.3 Å². The molecule has 0 aliphatic carbocycles. The topological polar surface area (TPSA) is 84.7 Å². The molecule has 0 spiro atoms. The Bertz CT molecular complexity index is 1250. The smallest absolute Gasteiger partial charge is 0.323 e. The summed E-state index contributed by atoms with van der Waals surface area (Å²) in [6.07, 6.45) is 1.69. The van der Waals surface area contributed by atoms with Crippen molar-refractivity contribution in [2.45, 2.75) is 25.2 Å². The fraction of sp³-hybridized carbons (Fsp3) is 0.320. The van der Waals surface area contributed by atoms with Crippen LogP contribution in [0.1, 0.15) is 17.4 Å². The number of nitrogens with zero attached hydrogens (tertiary/aromatic N) is 3. The van der Waals surface area contributed by atoms with Crippen LogP contribution in [-0.2, 0) is 22.6 Å². The minimum atomic E-state index is -0.649. The number of hydrogen-bond acceptors (Lipinski definition) is 6. The van der Waals surface area contributed by atoms with E-state index in [1.54, 1.807) is 29.0 Å². The van der Waals surface area contributed by atoms with Gasteiger partial charge >= 0.3 is 5.97 Å². The third-order valence-electron chi connectivity index (χ3n) is 6.84. The minimum Gasteiger partial charge on any atom is -0.468 e. The van der Waals surface area contributed by atoms with Crippen molar-refractivity contribution in [2.24, 2.45) is 11.8 Å². The third-order valence-corrected chi connectivity index (χ3v) is 6.84. The average molecular weight is 449 g/mol. The number of esters is 1. The summed E-state index contributed by atoms with van der Waals surface area (Å²) in [6, 6.07) is 14.2. The summed E-state index contributed by atoms with van der Waals surface area (Å²) in [4.78, 5) is 32.5. The van der Waals surface area contributed by atoms with Crippen molar-refractivity contribution in [3.8, 4) is 11.1 Å². The highest BCUT2D eigenvalue weighted by Crippen LogP contribution is 2.50. The molecule has 0 bridgehead atoms. The molecule has 1 N–H and O–H groups in total. The lowest BCUT2D eigenvalue weighted by atomic mass is 9.88. The number of rotatable bonds is 5. The molecule has 170 valence electrons. The van der Waals surface area contributed by atoms with Gasteiger partial charge in [0, 0.05) is 49.0 Å². The molecule has 0 amide bonds. The number of fused-ring (bicyclic) bond motifs is 3. The Labute approximate surface area is 190 Å². The number of aliphatic hydroxyl groups is 1. The minimum absolute atomic E-state index is 0.154. The molecule has 0 radical (unpaired) electrons. The predicted octanol–water partition coefficient (Wildman–Crippen LogP) is 2.39. The van der Waals surface area contributed by atoms with Crippen LogP contribution in [0.3, 0.4) is 0 Å². The first-order chi connectivity index (χ1) is 16.0.